The number of ether oxygens (including phenoxy) is 2. The molecular formula is C18H26N2O5. The van der Waals surface area contributed by atoms with E-state index in [9.17, 15) is 14.4 Å². The molecule has 0 heterocycles. The first-order chi connectivity index (χ1) is 11.9. The Labute approximate surface area is 148 Å². The topological polar surface area (TPSA) is 93.7 Å². The van der Waals surface area contributed by atoms with E-state index in [1.54, 1.807) is 6.92 Å². The summed E-state index contributed by atoms with van der Waals surface area (Å²) in [5, 5.41) is 5.23. The summed E-state index contributed by atoms with van der Waals surface area (Å²) in [7, 11) is 0. The fraction of sp³-hybridized carbons (Fsp3) is 0.500. The maximum absolute atomic E-state index is 12.2. The van der Waals surface area contributed by atoms with Gasteiger partial charge in [-0.05, 0) is 32.8 Å². The van der Waals surface area contributed by atoms with Gasteiger partial charge in [-0.1, -0.05) is 30.3 Å². The van der Waals surface area contributed by atoms with Gasteiger partial charge >= 0.3 is 12.1 Å². The molecule has 7 heteroatoms. The number of nitrogens with one attached hydrogen (secondary N) is 2. The monoisotopic (exact) mass is 350 g/mol. The van der Waals surface area contributed by atoms with Crippen molar-refractivity contribution in [3.05, 3.63) is 35.9 Å². The normalized spacial score (nSPS) is 11.5. The Hall–Kier alpha value is -2.57. The van der Waals surface area contributed by atoms with Crippen LogP contribution in [0.1, 0.15) is 39.2 Å². The maximum Gasteiger partial charge on any atom is 0.408 e. The van der Waals surface area contributed by atoms with Gasteiger partial charge in [0.15, 0.2) is 0 Å². The molecule has 0 saturated heterocycles. The van der Waals surface area contributed by atoms with Gasteiger partial charge in [0.05, 0.1) is 6.61 Å². The van der Waals surface area contributed by atoms with Crippen LogP contribution in [0.15, 0.2) is 30.3 Å². The predicted octanol–water partition coefficient (Wildman–Crippen LogP) is 2.15. The second-order valence-electron chi connectivity index (χ2n) is 5.77. The molecule has 0 aliphatic heterocycles. The molecule has 2 N–H and O–H groups in total. The van der Waals surface area contributed by atoms with Crippen LogP contribution >= 0.6 is 0 Å². The summed E-state index contributed by atoms with van der Waals surface area (Å²) in [6, 6.07) is 8.26. The van der Waals surface area contributed by atoms with Crippen LogP contribution in [-0.4, -0.2) is 36.7 Å². The standard InChI is InChI=1S/C18H26N2O5/c1-4-24-16(21)11-10-15(17(22)19-13(2)3)20-18(23)25-12-14-8-6-5-7-9-14/h5-9,13,15H,4,10-12H2,1-3H3,(H,19,22)(H,20,23). The number of rotatable bonds is 9. The Morgan fingerprint density at radius 3 is 2.32 bits per heavy atom. The molecule has 0 bridgehead atoms. The first-order valence-electron chi connectivity index (χ1n) is 8.35. The van der Waals surface area contributed by atoms with E-state index in [1.165, 1.54) is 0 Å². The molecule has 1 aromatic carbocycles. The minimum absolute atomic E-state index is 0.0307. The molecule has 138 valence electrons. The van der Waals surface area contributed by atoms with Gasteiger partial charge in [-0.3, -0.25) is 9.59 Å². The maximum atomic E-state index is 12.2. The molecule has 0 fully saturated rings. The Morgan fingerprint density at radius 1 is 1.04 bits per heavy atom. The zero-order valence-corrected chi connectivity index (χ0v) is 14.9. The van der Waals surface area contributed by atoms with Crippen molar-refractivity contribution in [2.75, 3.05) is 6.61 Å². The van der Waals surface area contributed by atoms with E-state index in [-0.39, 0.29) is 38.0 Å². The molecule has 25 heavy (non-hydrogen) atoms. The van der Waals surface area contributed by atoms with E-state index < -0.39 is 18.1 Å². The lowest BCUT2D eigenvalue weighted by atomic mass is 10.1. The van der Waals surface area contributed by atoms with Gasteiger partial charge in [-0.15, -0.1) is 0 Å². The summed E-state index contributed by atoms with van der Waals surface area (Å²) in [4.78, 5) is 35.6. The molecule has 0 radical (unpaired) electrons. The van der Waals surface area contributed by atoms with E-state index in [4.69, 9.17) is 9.47 Å². The third kappa shape index (κ3) is 8.74. The molecule has 1 rings (SSSR count). The third-order valence-electron chi connectivity index (χ3n) is 3.19. The molecule has 0 aromatic heterocycles. The van der Waals surface area contributed by atoms with E-state index in [0.29, 0.717) is 0 Å². The number of carbonyl (C=O) groups is 3. The number of benzene rings is 1. The van der Waals surface area contributed by atoms with Crippen molar-refractivity contribution in [1.82, 2.24) is 10.6 Å². The first kappa shape index (κ1) is 20.5. The average molecular weight is 350 g/mol. The zero-order valence-electron chi connectivity index (χ0n) is 14.9. The van der Waals surface area contributed by atoms with Gasteiger partial charge in [-0.2, -0.15) is 0 Å². The molecule has 1 atom stereocenters. The first-order valence-corrected chi connectivity index (χ1v) is 8.35. The molecule has 7 nitrogen and oxygen atoms in total. The van der Waals surface area contributed by atoms with Crippen molar-refractivity contribution in [2.24, 2.45) is 0 Å². The van der Waals surface area contributed by atoms with Gasteiger partial charge in [0.2, 0.25) is 5.91 Å². The molecular weight excluding hydrogens is 324 g/mol. The number of hydrogen-bond acceptors (Lipinski definition) is 5. The van der Waals surface area contributed by atoms with Crippen LogP contribution in [0.3, 0.4) is 0 Å². The minimum atomic E-state index is -0.866. The van der Waals surface area contributed by atoms with Crippen molar-refractivity contribution >= 4 is 18.0 Å². The highest BCUT2D eigenvalue weighted by Crippen LogP contribution is 2.04. The van der Waals surface area contributed by atoms with Gasteiger partial charge in [0.1, 0.15) is 12.6 Å². The largest absolute Gasteiger partial charge is 0.466 e. The highest BCUT2D eigenvalue weighted by atomic mass is 16.5. The Morgan fingerprint density at radius 2 is 1.72 bits per heavy atom. The SMILES string of the molecule is CCOC(=O)CCC(NC(=O)OCc1ccccc1)C(=O)NC(C)C. The Kier molecular flexibility index (Phi) is 9.06. The van der Waals surface area contributed by atoms with Gasteiger partial charge < -0.3 is 20.1 Å². The summed E-state index contributed by atoms with van der Waals surface area (Å²) in [5.41, 5.74) is 0.840. The van der Waals surface area contributed by atoms with Gasteiger partial charge in [0, 0.05) is 12.5 Å². The number of hydrogen-bond donors (Lipinski definition) is 2. The van der Waals surface area contributed by atoms with Crippen molar-refractivity contribution in [2.45, 2.75) is 52.3 Å². The number of carbonyl (C=O) groups excluding carboxylic acids is 3. The predicted molar refractivity (Wildman–Crippen MR) is 92.7 cm³/mol. The molecule has 1 unspecified atom stereocenters. The van der Waals surface area contributed by atoms with E-state index >= 15 is 0 Å². The van der Waals surface area contributed by atoms with E-state index in [1.807, 2.05) is 44.2 Å². The van der Waals surface area contributed by atoms with Crippen LogP contribution in [0.2, 0.25) is 0 Å². The average Bonchev–Trinajstić information content (AvgIpc) is 2.57. The lowest BCUT2D eigenvalue weighted by molar-refractivity contribution is -0.143. The minimum Gasteiger partial charge on any atom is -0.466 e. The van der Waals surface area contributed by atoms with E-state index in [2.05, 4.69) is 10.6 Å². The Balaban J connectivity index is 2.56. The lowest BCUT2D eigenvalue weighted by Crippen LogP contribution is -2.48. The molecule has 0 spiro atoms. The molecule has 1 aromatic rings. The summed E-state index contributed by atoms with van der Waals surface area (Å²) in [5.74, 6) is -0.778. The molecule has 2 amide bonds. The van der Waals surface area contributed by atoms with Crippen molar-refractivity contribution in [1.29, 1.82) is 0 Å². The zero-order chi connectivity index (χ0) is 18.7. The van der Waals surface area contributed by atoms with Crippen LogP contribution in [0.4, 0.5) is 4.79 Å². The second kappa shape index (κ2) is 11.1. The lowest BCUT2D eigenvalue weighted by Gasteiger charge is -2.19. The van der Waals surface area contributed by atoms with Gasteiger partial charge in [-0.25, -0.2) is 4.79 Å². The number of amides is 2. The van der Waals surface area contributed by atoms with Crippen molar-refractivity contribution < 1.29 is 23.9 Å². The second-order valence-corrected chi connectivity index (χ2v) is 5.77. The van der Waals surface area contributed by atoms with Crippen LogP contribution in [-0.2, 0) is 25.7 Å². The number of alkyl carbamates (subject to hydrolysis) is 1. The third-order valence-corrected chi connectivity index (χ3v) is 3.19. The molecule has 0 aliphatic rings. The summed E-state index contributed by atoms with van der Waals surface area (Å²) < 4.78 is 9.97. The summed E-state index contributed by atoms with van der Waals surface area (Å²) in [6.45, 7) is 5.71. The van der Waals surface area contributed by atoms with Crippen LogP contribution in [0, 0.1) is 0 Å². The molecule has 0 aliphatic carbocycles. The highest BCUT2D eigenvalue weighted by molar-refractivity contribution is 5.86. The van der Waals surface area contributed by atoms with Crippen LogP contribution in [0.25, 0.3) is 0 Å². The van der Waals surface area contributed by atoms with Crippen molar-refractivity contribution in [3.8, 4) is 0 Å². The summed E-state index contributed by atoms with van der Waals surface area (Å²) >= 11 is 0. The smallest absolute Gasteiger partial charge is 0.408 e. The summed E-state index contributed by atoms with van der Waals surface area (Å²) in [6.07, 6.45) is -0.544. The van der Waals surface area contributed by atoms with Crippen LogP contribution < -0.4 is 10.6 Å². The van der Waals surface area contributed by atoms with Crippen LogP contribution in [0.5, 0.6) is 0 Å². The fourth-order valence-corrected chi connectivity index (χ4v) is 2.06. The highest BCUT2D eigenvalue weighted by Gasteiger charge is 2.23. The van der Waals surface area contributed by atoms with Crippen molar-refractivity contribution in [3.63, 3.8) is 0 Å². The van der Waals surface area contributed by atoms with Gasteiger partial charge in [0.25, 0.3) is 0 Å². The fourth-order valence-electron chi connectivity index (χ4n) is 2.06. The Bertz CT molecular complexity index is 560. The quantitative estimate of drug-likeness (QED) is 0.666. The van der Waals surface area contributed by atoms with E-state index in [0.717, 1.165) is 5.56 Å². The molecule has 0 saturated carbocycles. The number of esters is 1.